The number of aromatic hydroxyl groups is 1. The molecule has 1 aromatic carbocycles. The first-order valence-electron chi connectivity index (χ1n) is 9.94. The van der Waals surface area contributed by atoms with Crippen LogP contribution in [-0.2, 0) is 0 Å². The molecule has 2 saturated heterocycles. The quantitative estimate of drug-likeness (QED) is 0.699. The summed E-state index contributed by atoms with van der Waals surface area (Å²) in [6.07, 6.45) is 8.27. The number of rotatable bonds is 3. The Bertz CT molecular complexity index is 1100. The number of alkyl halides is 1. The Labute approximate surface area is 168 Å². The number of hydrogen-bond donors (Lipinski definition) is 2. The van der Waals surface area contributed by atoms with Gasteiger partial charge in [-0.1, -0.05) is 6.58 Å². The summed E-state index contributed by atoms with van der Waals surface area (Å²) in [7, 11) is 0. The molecule has 5 rings (SSSR count). The number of fused-ring (bicyclic) bond motifs is 3. The van der Waals surface area contributed by atoms with Gasteiger partial charge in [0.05, 0.1) is 23.8 Å². The number of pyridine rings is 1. The highest BCUT2D eigenvalue weighted by molar-refractivity contribution is 5.89. The molecule has 2 N–H and O–H groups in total. The fourth-order valence-electron chi connectivity index (χ4n) is 4.81. The molecule has 6 heteroatoms. The minimum atomic E-state index is -0.960. The molecule has 0 unspecified atom stereocenters. The summed E-state index contributed by atoms with van der Waals surface area (Å²) in [5, 5.41) is 15.6. The van der Waals surface area contributed by atoms with Crippen LogP contribution in [0.25, 0.3) is 27.6 Å². The topological polar surface area (TPSA) is 70.9 Å². The molecule has 2 aromatic heterocycles. The molecule has 0 aliphatic carbocycles. The average Bonchev–Trinajstić information content (AvgIpc) is 3.07. The highest BCUT2D eigenvalue weighted by Gasteiger charge is 2.49. The van der Waals surface area contributed by atoms with Crippen molar-refractivity contribution in [1.29, 1.82) is 0 Å². The van der Waals surface area contributed by atoms with Gasteiger partial charge in [-0.25, -0.2) is 4.39 Å². The first kappa shape index (κ1) is 18.2. The Morgan fingerprint density at radius 2 is 2.10 bits per heavy atom. The van der Waals surface area contributed by atoms with Crippen molar-refractivity contribution < 1.29 is 9.50 Å². The maximum Gasteiger partial charge on any atom is 0.125 e. The molecule has 2 fully saturated rings. The van der Waals surface area contributed by atoms with Crippen LogP contribution >= 0.6 is 0 Å². The van der Waals surface area contributed by atoms with Crippen LogP contribution in [0, 0.1) is 5.92 Å². The molecule has 3 aromatic rings. The van der Waals surface area contributed by atoms with E-state index < -0.39 is 6.17 Å². The maximum absolute atomic E-state index is 15.0. The van der Waals surface area contributed by atoms with Crippen LogP contribution in [0.15, 0.2) is 49.6 Å². The second-order valence-corrected chi connectivity index (χ2v) is 8.51. The molecule has 2 bridgehead atoms. The number of nitrogens with zero attached hydrogens (tertiary/aromatic N) is 3. The number of hydrogen-bond acceptors (Lipinski definition) is 5. The number of phenolic OH excluding ortho intramolecular Hbond substituents is 1. The summed E-state index contributed by atoms with van der Waals surface area (Å²) in [4.78, 5) is 13.1. The van der Waals surface area contributed by atoms with Crippen LogP contribution in [-0.4, -0.2) is 37.8 Å². The van der Waals surface area contributed by atoms with Crippen LogP contribution < -0.4 is 5.32 Å². The second kappa shape index (κ2) is 6.59. The zero-order valence-corrected chi connectivity index (χ0v) is 16.3. The van der Waals surface area contributed by atoms with E-state index in [4.69, 9.17) is 0 Å². The van der Waals surface area contributed by atoms with Gasteiger partial charge in [0, 0.05) is 40.8 Å². The van der Waals surface area contributed by atoms with E-state index in [1.807, 2.05) is 12.1 Å². The van der Waals surface area contributed by atoms with Gasteiger partial charge in [-0.2, -0.15) is 0 Å². The number of halogens is 1. The molecule has 148 valence electrons. The Hall–Kier alpha value is -2.86. The smallest absolute Gasteiger partial charge is 0.125 e. The van der Waals surface area contributed by atoms with Crippen molar-refractivity contribution in [2.75, 3.05) is 0 Å². The van der Waals surface area contributed by atoms with E-state index >= 15 is 0 Å². The third-order valence-electron chi connectivity index (χ3n) is 6.44. The summed E-state index contributed by atoms with van der Waals surface area (Å²) in [6, 6.07) is 5.32. The molecule has 4 atom stereocenters. The van der Waals surface area contributed by atoms with Crippen molar-refractivity contribution in [1.82, 2.24) is 20.3 Å². The average molecular weight is 390 g/mol. The number of aromatic nitrogens is 3. The number of piperidine rings is 1. The lowest BCUT2D eigenvalue weighted by Crippen LogP contribution is -2.53. The number of nitrogens with one attached hydrogen (secondary N) is 1. The molecule has 4 heterocycles. The molecule has 0 saturated carbocycles. The van der Waals surface area contributed by atoms with Gasteiger partial charge < -0.3 is 10.4 Å². The van der Waals surface area contributed by atoms with Gasteiger partial charge in [-0.05, 0) is 55.3 Å². The third kappa shape index (κ3) is 3.08. The Balaban J connectivity index is 1.43. The lowest BCUT2D eigenvalue weighted by atomic mass is 9.79. The molecule has 5 nitrogen and oxygen atoms in total. The number of allylic oxidation sites excluding steroid dienone is 1. The van der Waals surface area contributed by atoms with Crippen molar-refractivity contribution in [3.63, 3.8) is 0 Å². The zero-order chi connectivity index (χ0) is 20.2. The Morgan fingerprint density at radius 3 is 2.90 bits per heavy atom. The van der Waals surface area contributed by atoms with Gasteiger partial charge in [0.1, 0.15) is 11.9 Å². The number of benzene rings is 1. The van der Waals surface area contributed by atoms with Crippen molar-refractivity contribution in [2.24, 2.45) is 5.92 Å². The Morgan fingerprint density at radius 1 is 1.24 bits per heavy atom. The van der Waals surface area contributed by atoms with Gasteiger partial charge in [0.25, 0.3) is 0 Å². The van der Waals surface area contributed by atoms with Crippen molar-refractivity contribution >= 4 is 16.3 Å². The van der Waals surface area contributed by atoms with E-state index in [1.165, 1.54) is 0 Å². The predicted octanol–water partition coefficient (Wildman–Crippen LogP) is 4.28. The van der Waals surface area contributed by atoms with E-state index in [0.29, 0.717) is 28.9 Å². The summed E-state index contributed by atoms with van der Waals surface area (Å²) < 4.78 is 15.0. The van der Waals surface area contributed by atoms with Gasteiger partial charge in [0.15, 0.2) is 0 Å². The molecule has 0 amide bonds. The van der Waals surface area contributed by atoms with E-state index in [0.717, 1.165) is 23.6 Å². The molecule has 29 heavy (non-hydrogen) atoms. The zero-order valence-electron chi connectivity index (χ0n) is 16.3. The van der Waals surface area contributed by atoms with Crippen LogP contribution in [0.4, 0.5) is 4.39 Å². The lowest BCUT2D eigenvalue weighted by molar-refractivity contribution is 0.135. The second-order valence-electron chi connectivity index (χ2n) is 8.51. The maximum atomic E-state index is 15.0. The minimum absolute atomic E-state index is 0.0278. The van der Waals surface area contributed by atoms with Gasteiger partial charge in [0.2, 0.25) is 0 Å². The standard InChI is InChI=1S/C23H23FN4O/c1-13(17-9-23(2)5-3-18(28-23)22(17)24)19-11-27-20(12-26-19)16-7-14-4-6-25-10-15(14)8-21(16)29/h4,6-8,10-12,17-18,22,28-29H,1,3,5,9H2,2H3/t17-,18-,22-,23+/m1/s1. The van der Waals surface area contributed by atoms with E-state index in [2.05, 4.69) is 33.8 Å². The molecular weight excluding hydrogens is 367 g/mol. The first-order chi connectivity index (χ1) is 13.9. The summed E-state index contributed by atoms with van der Waals surface area (Å²) in [6.45, 7) is 6.32. The number of phenols is 1. The van der Waals surface area contributed by atoms with Crippen molar-refractivity contribution in [3.8, 4) is 17.0 Å². The van der Waals surface area contributed by atoms with Crippen LogP contribution in [0.1, 0.15) is 31.9 Å². The van der Waals surface area contributed by atoms with Gasteiger partial charge >= 0.3 is 0 Å². The minimum Gasteiger partial charge on any atom is -0.507 e. The molecule has 2 aliphatic rings. The van der Waals surface area contributed by atoms with Crippen LogP contribution in [0.2, 0.25) is 0 Å². The fourth-order valence-corrected chi connectivity index (χ4v) is 4.81. The fraction of sp³-hybridized carbons (Fsp3) is 0.348. The normalized spacial score (nSPS) is 28.6. The monoisotopic (exact) mass is 390 g/mol. The molecule has 2 aliphatic heterocycles. The SMILES string of the molecule is C=C(c1cnc(-c2cc3ccncc3cc2O)cn1)[C@H]1C[C@]2(C)CC[C@@H](N2)[C@@H]1F. The first-order valence-corrected chi connectivity index (χ1v) is 9.94. The van der Waals surface area contributed by atoms with Crippen molar-refractivity contribution in [2.45, 2.75) is 43.9 Å². The Kier molecular flexibility index (Phi) is 4.13. The van der Waals surface area contributed by atoms with E-state index in [1.54, 1.807) is 30.9 Å². The van der Waals surface area contributed by atoms with E-state index in [-0.39, 0.29) is 23.2 Å². The molecular formula is C23H23FN4O. The predicted molar refractivity (Wildman–Crippen MR) is 111 cm³/mol. The van der Waals surface area contributed by atoms with Crippen molar-refractivity contribution in [3.05, 3.63) is 55.3 Å². The third-order valence-corrected chi connectivity index (χ3v) is 6.44. The molecule has 0 spiro atoms. The lowest BCUT2D eigenvalue weighted by Gasteiger charge is -2.39. The molecule has 0 radical (unpaired) electrons. The summed E-state index contributed by atoms with van der Waals surface area (Å²) in [5.41, 5.74) is 2.44. The van der Waals surface area contributed by atoms with Crippen LogP contribution in [0.5, 0.6) is 5.75 Å². The largest absolute Gasteiger partial charge is 0.507 e. The summed E-state index contributed by atoms with van der Waals surface area (Å²) >= 11 is 0. The van der Waals surface area contributed by atoms with Gasteiger partial charge in [-0.15, -0.1) is 0 Å². The van der Waals surface area contributed by atoms with Gasteiger partial charge in [-0.3, -0.25) is 15.0 Å². The van der Waals surface area contributed by atoms with E-state index in [9.17, 15) is 9.50 Å². The highest BCUT2D eigenvalue weighted by Crippen LogP contribution is 2.44. The van der Waals surface area contributed by atoms with Crippen LogP contribution in [0.3, 0.4) is 0 Å². The highest BCUT2D eigenvalue weighted by atomic mass is 19.1. The summed E-state index contributed by atoms with van der Waals surface area (Å²) in [5.74, 6) is -0.131.